The highest BCUT2D eigenvalue weighted by atomic mass is 32.2. The second kappa shape index (κ2) is 6.23. The summed E-state index contributed by atoms with van der Waals surface area (Å²) >= 11 is 1.67. The van der Waals surface area contributed by atoms with E-state index in [9.17, 15) is 0 Å². The molecule has 1 aliphatic heterocycles. The van der Waals surface area contributed by atoms with Crippen LogP contribution in [0.3, 0.4) is 0 Å². The first-order valence-electron chi connectivity index (χ1n) is 9.06. The first-order chi connectivity index (χ1) is 13.2. The van der Waals surface area contributed by atoms with Gasteiger partial charge in [-0.05, 0) is 56.0 Å². The van der Waals surface area contributed by atoms with Crippen molar-refractivity contribution in [2.45, 2.75) is 36.6 Å². The number of hydrogen-bond acceptors (Lipinski definition) is 6. The summed E-state index contributed by atoms with van der Waals surface area (Å²) in [7, 11) is 3.68. The highest BCUT2D eigenvalue weighted by molar-refractivity contribution is 8.00. The van der Waals surface area contributed by atoms with Gasteiger partial charge in [-0.15, -0.1) is 10.2 Å². The summed E-state index contributed by atoms with van der Waals surface area (Å²) in [6.45, 7) is 2.14. The van der Waals surface area contributed by atoms with Crippen LogP contribution in [0.5, 0.6) is 5.75 Å². The van der Waals surface area contributed by atoms with E-state index in [-0.39, 0.29) is 5.25 Å². The average molecular weight is 380 g/mol. The van der Waals surface area contributed by atoms with Crippen molar-refractivity contribution >= 4 is 17.5 Å². The summed E-state index contributed by atoms with van der Waals surface area (Å²) in [4.78, 5) is 0. The summed E-state index contributed by atoms with van der Waals surface area (Å²) < 4.78 is 9.10. The van der Waals surface area contributed by atoms with Gasteiger partial charge in [0, 0.05) is 18.3 Å². The Bertz CT molecular complexity index is 1050. The van der Waals surface area contributed by atoms with Gasteiger partial charge in [-0.1, -0.05) is 11.8 Å². The summed E-state index contributed by atoms with van der Waals surface area (Å²) in [5.74, 6) is 1.57. The molecule has 3 aromatic rings. The largest absolute Gasteiger partial charge is 0.497 e. The lowest BCUT2D eigenvalue weighted by molar-refractivity contribution is 0.415. The normalized spacial score (nSPS) is 18.2. The molecule has 0 saturated heterocycles. The predicted molar refractivity (Wildman–Crippen MR) is 104 cm³/mol. The smallest absolute Gasteiger partial charge is 0.213 e. The second-order valence-corrected chi connectivity index (χ2v) is 8.15. The zero-order valence-corrected chi connectivity index (χ0v) is 16.3. The molecular weight excluding hydrogens is 360 g/mol. The summed E-state index contributed by atoms with van der Waals surface area (Å²) in [6, 6.07) is 8.01. The number of aryl methyl sites for hydroxylation is 1. The number of thioether (sulfide) groups is 1. The van der Waals surface area contributed by atoms with Gasteiger partial charge in [0.05, 0.1) is 18.1 Å². The molecule has 0 radical (unpaired) electrons. The van der Waals surface area contributed by atoms with Gasteiger partial charge < -0.3 is 4.74 Å². The molecule has 1 aromatic carbocycles. The van der Waals surface area contributed by atoms with E-state index in [0.29, 0.717) is 0 Å². The van der Waals surface area contributed by atoms with E-state index >= 15 is 0 Å². The van der Waals surface area contributed by atoms with Gasteiger partial charge in [0.1, 0.15) is 11.4 Å². The molecule has 3 heterocycles. The standard InChI is InChI=1S/C19H20N6OS/c1-11-16(12-7-9-13(26-3)10-8-12)23-25-18(20-21-19(25)27-11)17-14-5-4-6-15(14)24(2)22-17/h7-11H,4-6H2,1-3H3. The van der Waals surface area contributed by atoms with Crippen LogP contribution >= 0.6 is 11.8 Å². The summed E-state index contributed by atoms with van der Waals surface area (Å²) in [6.07, 6.45) is 3.28. The lowest BCUT2D eigenvalue weighted by atomic mass is 10.1. The molecule has 27 heavy (non-hydrogen) atoms. The molecule has 1 atom stereocenters. The topological polar surface area (TPSA) is 70.1 Å². The van der Waals surface area contributed by atoms with Gasteiger partial charge in [0.2, 0.25) is 11.0 Å². The Morgan fingerprint density at radius 1 is 1.15 bits per heavy atom. The number of rotatable bonds is 3. The molecule has 2 aliphatic rings. The maximum atomic E-state index is 5.27. The maximum absolute atomic E-state index is 5.27. The second-order valence-electron chi connectivity index (χ2n) is 6.84. The van der Waals surface area contributed by atoms with Gasteiger partial charge in [0.25, 0.3) is 0 Å². The zero-order chi connectivity index (χ0) is 18.5. The van der Waals surface area contributed by atoms with E-state index in [0.717, 1.165) is 46.5 Å². The molecule has 1 aliphatic carbocycles. The summed E-state index contributed by atoms with van der Waals surface area (Å²) in [5.41, 5.74) is 5.59. The minimum atomic E-state index is 0.192. The van der Waals surface area contributed by atoms with Crippen LogP contribution in [0.25, 0.3) is 11.5 Å². The maximum Gasteiger partial charge on any atom is 0.213 e. The Morgan fingerprint density at radius 3 is 2.74 bits per heavy atom. The first kappa shape index (κ1) is 16.6. The van der Waals surface area contributed by atoms with Crippen molar-refractivity contribution in [1.82, 2.24) is 24.7 Å². The van der Waals surface area contributed by atoms with Crippen molar-refractivity contribution in [3.05, 3.63) is 41.1 Å². The fraction of sp³-hybridized carbons (Fsp3) is 0.368. The van der Waals surface area contributed by atoms with Crippen molar-refractivity contribution in [3.8, 4) is 17.3 Å². The van der Waals surface area contributed by atoms with Crippen molar-refractivity contribution in [2.24, 2.45) is 12.1 Å². The molecule has 1 unspecified atom stereocenters. The Labute approximate surface area is 161 Å². The lowest BCUT2D eigenvalue weighted by Crippen LogP contribution is -2.21. The van der Waals surface area contributed by atoms with E-state index in [1.807, 2.05) is 40.7 Å². The number of hydrogen-bond donors (Lipinski definition) is 0. The number of methoxy groups -OCH3 is 1. The number of fused-ring (bicyclic) bond motifs is 2. The van der Waals surface area contributed by atoms with Crippen LogP contribution in [0.4, 0.5) is 0 Å². The summed E-state index contributed by atoms with van der Waals surface area (Å²) in [5, 5.41) is 19.5. The molecule has 0 saturated carbocycles. The molecule has 0 fully saturated rings. The Balaban J connectivity index is 1.61. The lowest BCUT2D eigenvalue weighted by Gasteiger charge is -2.20. The monoisotopic (exact) mass is 380 g/mol. The van der Waals surface area contributed by atoms with Crippen molar-refractivity contribution in [2.75, 3.05) is 7.11 Å². The van der Waals surface area contributed by atoms with Gasteiger partial charge in [-0.25, -0.2) is 0 Å². The molecule has 0 spiro atoms. The third-order valence-corrected chi connectivity index (χ3v) is 6.24. The fourth-order valence-corrected chi connectivity index (χ4v) is 4.75. The molecule has 7 nitrogen and oxygen atoms in total. The molecule has 5 rings (SSSR count). The van der Waals surface area contributed by atoms with Crippen molar-refractivity contribution in [1.29, 1.82) is 0 Å². The minimum absolute atomic E-state index is 0.192. The average Bonchev–Trinajstić information content (AvgIpc) is 3.38. The van der Waals surface area contributed by atoms with Crippen LogP contribution in [0.15, 0.2) is 34.5 Å². The molecule has 8 heteroatoms. The van der Waals surface area contributed by atoms with Crippen LogP contribution < -0.4 is 4.74 Å². The molecule has 0 N–H and O–H groups in total. The minimum Gasteiger partial charge on any atom is -0.497 e. The van der Waals surface area contributed by atoms with Gasteiger partial charge >= 0.3 is 0 Å². The van der Waals surface area contributed by atoms with E-state index in [1.54, 1.807) is 18.9 Å². The predicted octanol–water partition coefficient (Wildman–Crippen LogP) is 2.92. The highest BCUT2D eigenvalue weighted by Crippen LogP contribution is 2.36. The Kier molecular flexibility index (Phi) is 3.82. The van der Waals surface area contributed by atoms with Gasteiger partial charge in [0.15, 0.2) is 0 Å². The quantitative estimate of drug-likeness (QED) is 0.699. The first-order valence-corrected chi connectivity index (χ1v) is 9.94. The SMILES string of the molecule is COc1ccc(C2=Nn3c(nnc3-c3nn(C)c4c3CCC4)SC2C)cc1. The Morgan fingerprint density at radius 2 is 1.96 bits per heavy atom. The van der Waals surface area contributed by atoms with E-state index in [2.05, 4.69) is 17.1 Å². The molecule has 0 bridgehead atoms. The van der Waals surface area contributed by atoms with Crippen LogP contribution in [-0.4, -0.2) is 42.7 Å². The molecular formula is C19H20N6OS. The van der Waals surface area contributed by atoms with Crippen molar-refractivity contribution in [3.63, 3.8) is 0 Å². The van der Waals surface area contributed by atoms with Gasteiger partial charge in [-0.3, -0.25) is 4.68 Å². The fourth-order valence-electron chi connectivity index (χ4n) is 3.82. The van der Waals surface area contributed by atoms with Crippen LogP contribution in [0.2, 0.25) is 0 Å². The third kappa shape index (κ3) is 2.58. The van der Waals surface area contributed by atoms with Gasteiger partial charge in [-0.2, -0.15) is 14.9 Å². The molecule has 2 aromatic heterocycles. The van der Waals surface area contributed by atoms with E-state index in [1.165, 1.54) is 17.7 Å². The van der Waals surface area contributed by atoms with Crippen LogP contribution in [0.1, 0.15) is 30.2 Å². The zero-order valence-electron chi connectivity index (χ0n) is 15.5. The number of aromatic nitrogens is 5. The highest BCUT2D eigenvalue weighted by Gasteiger charge is 2.30. The number of nitrogens with zero attached hydrogens (tertiary/aromatic N) is 6. The van der Waals surface area contributed by atoms with Crippen LogP contribution in [-0.2, 0) is 19.9 Å². The Hall–Kier alpha value is -2.61. The van der Waals surface area contributed by atoms with E-state index < -0.39 is 0 Å². The van der Waals surface area contributed by atoms with E-state index in [4.69, 9.17) is 14.9 Å². The molecule has 0 amide bonds. The van der Waals surface area contributed by atoms with Crippen molar-refractivity contribution < 1.29 is 4.74 Å². The number of benzene rings is 1. The van der Waals surface area contributed by atoms with Crippen LogP contribution in [0, 0.1) is 0 Å². The number of ether oxygens (including phenoxy) is 1. The molecule has 138 valence electrons. The third-order valence-electron chi connectivity index (χ3n) is 5.20.